The molecule has 1 heterocycles. The van der Waals surface area contributed by atoms with Crippen molar-refractivity contribution in [2.45, 2.75) is 13.0 Å². The second-order valence-corrected chi connectivity index (χ2v) is 4.16. The van der Waals surface area contributed by atoms with Crippen LogP contribution in [0, 0.1) is 23.3 Å². The van der Waals surface area contributed by atoms with E-state index < -0.39 is 35.0 Å². The lowest BCUT2D eigenvalue weighted by Gasteiger charge is -2.15. The normalized spacial score (nSPS) is 12.5. The monoisotopic (exact) mass is 273 g/mol. The summed E-state index contributed by atoms with van der Waals surface area (Å²) in [7, 11) is 1.68. The second-order valence-electron chi connectivity index (χ2n) is 4.16. The average Bonchev–Trinajstić information content (AvgIpc) is 2.79. The van der Waals surface area contributed by atoms with Gasteiger partial charge in [-0.3, -0.25) is 4.68 Å². The molecule has 0 bridgehead atoms. The Morgan fingerprint density at radius 3 is 2.21 bits per heavy atom. The maximum absolute atomic E-state index is 13.5. The molecule has 0 aliphatic carbocycles. The quantitative estimate of drug-likeness (QED) is 0.687. The summed E-state index contributed by atoms with van der Waals surface area (Å²) in [6.07, 6.45) is 3.12. The standard InChI is InChI=1S/C12H11F4N3/c1-6(7-4-17-19(2)5-7)18-12-10(15)8(13)3-9(14)11(12)16/h3-6,18H,1-2H3. The van der Waals surface area contributed by atoms with Gasteiger partial charge >= 0.3 is 0 Å². The molecule has 0 spiro atoms. The summed E-state index contributed by atoms with van der Waals surface area (Å²) >= 11 is 0. The van der Waals surface area contributed by atoms with Gasteiger partial charge in [-0.2, -0.15) is 5.10 Å². The Morgan fingerprint density at radius 2 is 1.74 bits per heavy atom. The fraction of sp³-hybridized carbons (Fsp3) is 0.250. The Morgan fingerprint density at radius 1 is 1.16 bits per heavy atom. The number of anilines is 1. The van der Waals surface area contributed by atoms with E-state index in [-0.39, 0.29) is 6.07 Å². The first-order valence-corrected chi connectivity index (χ1v) is 5.48. The molecular formula is C12H11F4N3. The lowest BCUT2D eigenvalue weighted by Crippen LogP contribution is -2.11. The van der Waals surface area contributed by atoms with Crippen molar-refractivity contribution in [1.82, 2.24) is 9.78 Å². The molecule has 2 aromatic rings. The van der Waals surface area contributed by atoms with Crippen LogP contribution >= 0.6 is 0 Å². The molecule has 1 atom stereocenters. The van der Waals surface area contributed by atoms with Crippen LogP contribution in [-0.4, -0.2) is 9.78 Å². The van der Waals surface area contributed by atoms with Gasteiger partial charge in [0.15, 0.2) is 23.3 Å². The highest BCUT2D eigenvalue weighted by atomic mass is 19.2. The molecule has 1 aromatic carbocycles. The number of hydrogen-bond donors (Lipinski definition) is 1. The van der Waals surface area contributed by atoms with E-state index in [1.807, 2.05) is 0 Å². The molecule has 1 unspecified atom stereocenters. The van der Waals surface area contributed by atoms with Gasteiger partial charge in [0, 0.05) is 24.9 Å². The number of benzene rings is 1. The third-order valence-electron chi connectivity index (χ3n) is 2.70. The lowest BCUT2D eigenvalue weighted by atomic mass is 10.1. The maximum Gasteiger partial charge on any atom is 0.185 e. The molecule has 0 fully saturated rings. The molecule has 19 heavy (non-hydrogen) atoms. The van der Waals surface area contributed by atoms with Gasteiger partial charge in [0.2, 0.25) is 0 Å². The summed E-state index contributed by atoms with van der Waals surface area (Å²) in [4.78, 5) is 0. The molecule has 7 heteroatoms. The van der Waals surface area contributed by atoms with Crippen LogP contribution in [0.3, 0.4) is 0 Å². The van der Waals surface area contributed by atoms with Gasteiger partial charge in [-0.1, -0.05) is 0 Å². The average molecular weight is 273 g/mol. The van der Waals surface area contributed by atoms with Crippen molar-refractivity contribution >= 4 is 5.69 Å². The van der Waals surface area contributed by atoms with Gasteiger partial charge in [0.05, 0.1) is 12.2 Å². The highest BCUT2D eigenvalue weighted by Gasteiger charge is 2.21. The molecular weight excluding hydrogens is 262 g/mol. The van der Waals surface area contributed by atoms with E-state index in [0.717, 1.165) is 0 Å². The fourth-order valence-corrected chi connectivity index (χ4v) is 1.66. The number of rotatable bonds is 3. The summed E-state index contributed by atoms with van der Waals surface area (Å²) in [5, 5.41) is 6.31. The summed E-state index contributed by atoms with van der Waals surface area (Å²) in [5.74, 6) is -5.79. The Labute approximate surface area is 106 Å². The molecule has 1 aromatic heterocycles. The first-order chi connectivity index (χ1) is 8.90. The Kier molecular flexibility index (Phi) is 3.46. The van der Waals surface area contributed by atoms with Crippen molar-refractivity contribution < 1.29 is 17.6 Å². The minimum absolute atomic E-state index is 0.171. The van der Waals surface area contributed by atoms with Crippen molar-refractivity contribution in [3.63, 3.8) is 0 Å². The zero-order chi connectivity index (χ0) is 14.2. The van der Waals surface area contributed by atoms with E-state index in [1.54, 1.807) is 20.2 Å². The SMILES string of the molecule is CC(Nc1c(F)c(F)cc(F)c1F)c1cnn(C)c1. The predicted molar refractivity (Wildman–Crippen MR) is 61.5 cm³/mol. The van der Waals surface area contributed by atoms with Gasteiger partial charge in [0.25, 0.3) is 0 Å². The van der Waals surface area contributed by atoms with Gasteiger partial charge in [-0.15, -0.1) is 0 Å². The van der Waals surface area contributed by atoms with Crippen molar-refractivity contribution in [3.8, 4) is 0 Å². The van der Waals surface area contributed by atoms with Crippen LogP contribution in [0.15, 0.2) is 18.5 Å². The van der Waals surface area contributed by atoms with Crippen LogP contribution in [0.4, 0.5) is 23.2 Å². The number of aromatic nitrogens is 2. The van der Waals surface area contributed by atoms with Crippen molar-refractivity contribution in [2.75, 3.05) is 5.32 Å². The van der Waals surface area contributed by atoms with Gasteiger partial charge in [0.1, 0.15) is 5.69 Å². The maximum atomic E-state index is 13.5. The number of halogens is 4. The zero-order valence-electron chi connectivity index (χ0n) is 10.2. The second kappa shape index (κ2) is 4.91. The van der Waals surface area contributed by atoms with Gasteiger partial charge < -0.3 is 5.32 Å². The van der Waals surface area contributed by atoms with E-state index in [4.69, 9.17) is 0 Å². The van der Waals surface area contributed by atoms with E-state index in [9.17, 15) is 17.6 Å². The van der Waals surface area contributed by atoms with Gasteiger partial charge in [-0.05, 0) is 6.92 Å². The van der Waals surface area contributed by atoms with Crippen LogP contribution in [0.25, 0.3) is 0 Å². The topological polar surface area (TPSA) is 29.9 Å². The van der Waals surface area contributed by atoms with Crippen LogP contribution < -0.4 is 5.32 Å². The van der Waals surface area contributed by atoms with Crippen LogP contribution in [-0.2, 0) is 7.05 Å². The van der Waals surface area contributed by atoms with E-state index in [0.29, 0.717) is 5.56 Å². The van der Waals surface area contributed by atoms with Crippen LogP contribution in [0.5, 0.6) is 0 Å². The van der Waals surface area contributed by atoms with Crippen molar-refractivity contribution in [3.05, 3.63) is 47.3 Å². The van der Waals surface area contributed by atoms with Gasteiger partial charge in [-0.25, -0.2) is 17.6 Å². The molecule has 1 N–H and O–H groups in total. The molecule has 0 aliphatic heterocycles. The highest BCUT2D eigenvalue weighted by molar-refractivity contribution is 5.48. The Balaban J connectivity index is 2.33. The predicted octanol–water partition coefficient (Wildman–Crippen LogP) is 3.15. The molecule has 0 saturated heterocycles. The number of hydrogen-bond acceptors (Lipinski definition) is 2. The number of nitrogens with zero attached hydrogens (tertiary/aromatic N) is 2. The summed E-state index contributed by atoms with van der Waals surface area (Å²) in [6.45, 7) is 1.60. The molecule has 0 amide bonds. The largest absolute Gasteiger partial charge is 0.373 e. The Hall–Kier alpha value is -2.05. The first kappa shape index (κ1) is 13.4. The van der Waals surface area contributed by atoms with Crippen molar-refractivity contribution in [1.29, 1.82) is 0 Å². The summed E-state index contributed by atoms with van der Waals surface area (Å²) in [5.41, 5.74) is -0.195. The number of nitrogens with one attached hydrogen (secondary N) is 1. The summed E-state index contributed by atoms with van der Waals surface area (Å²) in [6, 6.07) is -0.385. The Bertz CT molecular complexity index is 583. The lowest BCUT2D eigenvalue weighted by molar-refractivity contribution is 0.457. The third kappa shape index (κ3) is 2.54. The highest BCUT2D eigenvalue weighted by Crippen LogP contribution is 2.27. The van der Waals surface area contributed by atoms with E-state index in [1.165, 1.54) is 10.9 Å². The smallest absolute Gasteiger partial charge is 0.185 e. The minimum Gasteiger partial charge on any atom is -0.373 e. The van der Waals surface area contributed by atoms with E-state index in [2.05, 4.69) is 10.4 Å². The van der Waals surface area contributed by atoms with Crippen LogP contribution in [0.2, 0.25) is 0 Å². The third-order valence-corrected chi connectivity index (χ3v) is 2.70. The molecule has 0 saturated carbocycles. The first-order valence-electron chi connectivity index (χ1n) is 5.48. The minimum atomic E-state index is -1.45. The molecule has 2 rings (SSSR count). The van der Waals surface area contributed by atoms with E-state index >= 15 is 0 Å². The van der Waals surface area contributed by atoms with Crippen LogP contribution in [0.1, 0.15) is 18.5 Å². The summed E-state index contributed by atoms with van der Waals surface area (Å²) < 4.78 is 54.5. The molecule has 0 aliphatic rings. The number of aryl methyl sites for hydroxylation is 1. The fourth-order valence-electron chi connectivity index (χ4n) is 1.66. The zero-order valence-corrected chi connectivity index (χ0v) is 10.2. The molecule has 102 valence electrons. The molecule has 0 radical (unpaired) electrons. The van der Waals surface area contributed by atoms with Crippen molar-refractivity contribution in [2.24, 2.45) is 7.05 Å². The molecule has 3 nitrogen and oxygen atoms in total.